The number of nitrogens with one attached hydrogen (secondary N) is 1. The predicted molar refractivity (Wildman–Crippen MR) is 80.9 cm³/mol. The van der Waals surface area contributed by atoms with Crippen LogP contribution in [0.3, 0.4) is 0 Å². The fourth-order valence-electron chi connectivity index (χ4n) is 2.24. The van der Waals surface area contributed by atoms with Crippen LogP contribution in [0.25, 0.3) is 0 Å². The van der Waals surface area contributed by atoms with Crippen LogP contribution in [0.5, 0.6) is 5.75 Å². The smallest absolute Gasteiger partial charge is 0.261 e. The van der Waals surface area contributed by atoms with E-state index in [1.807, 2.05) is 13.8 Å². The number of amides is 1. The first kappa shape index (κ1) is 15.6. The van der Waals surface area contributed by atoms with E-state index in [4.69, 9.17) is 4.74 Å². The lowest BCUT2D eigenvalue weighted by Gasteiger charge is -2.20. The van der Waals surface area contributed by atoms with Gasteiger partial charge in [0.25, 0.3) is 5.91 Å². The van der Waals surface area contributed by atoms with Crippen molar-refractivity contribution in [3.05, 3.63) is 24.3 Å². The molecule has 0 fully saturated rings. The number of sulfonamides is 1. The molecule has 1 atom stereocenters. The van der Waals surface area contributed by atoms with Crippen molar-refractivity contribution in [3.63, 3.8) is 0 Å². The summed E-state index contributed by atoms with van der Waals surface area (Å²) in [7, 11) is -3.41. The van der Waals surface area contributed by atoms with Gasteiger partial charge in [0.15, 0.2) is 6.10 Å². The summed E-state index contributed by atoms with van der Waals surface area (Å²) in [6.45, 7) is 3.95. The maximum atomic E-state index is 12.1. The number of para-hydroxylation sites is 2. The van der Waals surface area contributed by atoms with Gasteiger partial charge in [-0.3, -0.25) is 9.10 Å². The SMILES string of the molecule is CC(C)NC(=O)[C@H]1CCN(S(C)(=O)=O)c2ccccc2O1. The lowest BCUT2D eigenvalue weighted by molar-refractivity contribution is -0.128. The van der Waals surface area contributed by atoms with Crippen LogP contribution in [-0.2, 0) is 14.8 Å². The zero-order valence-corrected chi connectivity index (χ0v) is 13.2. The predicted octanol–water partition coefficient (Wildman–Crippen LogP) is 1.13. The number of benzene rings is 1. The van der Waals surface area contributed by atoms with Gasteiger partial charge in [-0.15, -0.1) is 0 Å². The molecule has 0 aromatic heterocycles. The first-order chi connectivity index (χ1) is 9.79. The van der Waals surface area contributed by atoms with Crippen molar-refractivity contribution in [2.45, 2.75) is 32.4 Å². The van der Waals surface area contributed by atoms with Crippen LogP contribution < -0.4 is 14.4 Å². The Labute approximate surface area is 125 Å². The molecule has 1 amide bonds. The average molecular weight is 312 g/mol. The minimum atomic E-state index is -3.41. The van der Waals surface area contributed by atoms with Crippen molar-refractivity contribution in [1.82, 2.24) is 5.32 Å². The van der Waals surface area contributed by atoms with Crippen molar-refractivity contribution in [2.24, 2.45) is 0 Å². The number of ether oxygens (including phenoxy) is 1. The van der Waals surface area contributed by atoms with Gasteiger partial charge in [0.05, 0.1) is 11.9 Å². The van der Waals surface area contributed by atoms with Crippen LogP contribution in [-0.4, -0.2) is 39.3 Å². The maximum Gasteiger partial charge on any atom is 0.261 e. The van der Waals surface area contributed by atoms with Crippen LogP contribution in [0.2, 0.25) is 0 Å². The molecule has 0 aliphatic carbocycles. The fourth-order valence-corrected chi connectivity index (χ4v) is 3.18. The molecule has 0 unspecified atom stereocenters. The molecule has 21 heavy (non-hydrogen) atoms. The van der Waals surface area contributed by atoms with Gasteiger partial charge in [0, 0.05) is 19.0 Å². The second-order valence-corrected chi connectivity index (χ2v) is 7.27. The maximum absolute atomic E-state index is 12.1. The zero-order valence-electron chi connectivity index (χ0n) is 12.4. The minimum absolute atomic E-state index is 0.00519. The summed E-state index contributed by atoms with van der Waals surface area (Å²) >= 11 is 0. The van der Waals surface area contributed by atoms with Gasteiger partial charge in [-0.1, -0.05) is 12.1 Å². The highest BCUT2D eigenvalue weighted by atomic mass is 32.2. The van der Waals surface area contributed by atoms with Gasteiger partial charge in [-0.25, -0.2) is 8.42 Å². The van der Waals surface area contributed by atoms with Gasteiger partial charge in [-0.2, -0.15) is 0 Å². The monoisotopic (exact) mass is 312 g/mol. The standard InChI is InChI=1S/C14H20N2O4S/c1-10(2)15-14(17)13-8-9-16(21(3,18)19)11-6-4-5-7-12(11)20-13/h4-7,10,13H,8-9H2,1-3H3,(H,15,17)/t13-/m1/s1. The Morgan fingerprint density at radius 3 is 2.67 bits per heavy atom. The van der Waals surface area contributed by atoms with Gasteiger partial charge in [0.1, 0.15) is 5.75 Å². The highest BCUT2D eigenvalue weighted by molar-refractivity contribution is 7.92. The molecule has 1 N–H and O–H groups in total. The summed E-state index contributed by atoms with van der Waals surface area (Å²) in [4.78, 5) is 12.1. The zero-order chi connectivity index (χ0) is 15.6. The Bertz CT molecular complexity index is 628. The fraction of sp³-hybridized carbons (Fsp3) is 0.500. The molecule has 0 spiro atoms. The second-order valence-electron chi connectivity index (χ2n) is 5.36. The molecule has 6 nitrogen and oxygen atoms in total. The topological polar surface area (TPSA) is 75.7 Å². The molecule has 2 rings (SSSR count). The molecule has 0 bridgehead atoms. The van der Waals surface area contributed by atoms with Crippen molar-refractivity contribution >= 4 is 21.6 Å². The molecule has 0 saturated heterocycles. The summed E-state index contributed by atoms with van der Waals surface area (Å²) in [5, 5.41) is 2.79. The minimum Gasteiger partial charge on any atom is -0.478 e. The lowest BCUT2D eigenvalue weighted by Crippen LogP contribution is -2.42. The van der Waals surface area contributed by atoms with E-state index in [1.54, 1.807) is 24.3 Å². The van der Waals surface area contributed by atoms with Gasteiger partial charge in [-0.05, 0) is 26.0 Å². The van der Waals surface area contributed by atoms with E-state index >= 15 is 0 Å². The molecule has 116 valence electrons. The van der Waals surface area contributed by atoms with E-state index in [-0.39, 0.29) is 18.5 Å². The van der Waals surface area contributed by atoms with Crippen molar-refractivity contribution in [2.75, 3.05) is 17.1 Å². The highest BCUT2D eigenvalue weighted by Crippen LogP contribution is 2.33. The number of carbonyl (C=O) groups excluding carboxylic acids is 1. The van der Waals surface area contributed by atoms with Crippen molar-refractivity contribution in [1.29, 1.82) is 0 Å². The van der Waals surface area contributed by atoms with Crippen molar-refractivity contribution in [3.8, 4) is 5.75 Å². The summed E-state index contributed by atoms with van der Waals surface area (Å²) in [5.74, 6) is 0.180. The first-order valence-corrected chi connectivity index (χ1v) is 8.67. The molecule has 1 aliphatic rings. The lowest BCUT2D eigenvalue weighted by atomic mass is 10.2. The first-order valence-electron chi connectivity index (χ1n) is 6.83. The summed E-state index contributed by atoms with van der Waals surface area (Å²) in [6, 6.07) is 6.86. The third kappa shape index (κ3) is 3.66. The van der Waals surface area contributed by atoms with E-state index < -0.39 is 16.1 Å². The summed E-state index contributed by atoms with van der Waals surface area (Å²) < 4.78 is 30.9. The Balaban J connectivity index is 2.33. The van der Waals surface area contributed by atoms with Gasteiger partial charge >= 0.3 is 0 Å². The number of nitrogens with zero attached hydrogens (tertiary/aromatic N) is 1. The van der Waals surface area contributed by atoms with Crippen LogP contribution >= 0.6 is 0 Å². The van der Waals surface area contributed by atoms with Crippen LogP contribution in [0.15, 0.2) is 24.3 Å². The molecule has 0 saturated carbocycles. The third-order valence-electron chi connectivity index (χ3n) is 3.12. The molecule has 1 aliphatic heterocycles. The number of rotatable bonds is 3. The molecule has 7 heteroatoms. The Morgan fingerprint density at radius 1 is 1.38 bits per heavy atom. The largest absolute Gasteiger partial charge is 0.478 e. The highest BCUT2D eigenvalue weighted by Gasteiger charge is 2.30. The number of fused-ring (bicyclic) bond motifs is 1. The molecule has 1 aromatic carbocycles. The van der Waals surface area contributed by atoms with E-state index in [2.05, 4.69) is 5.32 Å². The van der Waals surface area contributed by atoms with E-state index in [1.165, 1.54) is 4.31 Å². The van der Waals surface area contributed by atoms with E-state index in [9.17, 15) is 13.2 Å². The Hall–Kier alpha value is -1.76. The Morgan fingerprint density at radius 2 is 2.05 bits per heavy atom. The second kappa shape index (κ2) is 5.93. The number of hydrogen-bond acceptors (Lipinski definition) is 4. The number of carbonyl (C=O) groups is 1. The molecule has 1 heterocycles. The summed E-state index contributed by atoms with van der Waals surface area (Å²) in [6.07, 6.45) is 0.763. The third-order valence-corrected chi connectivity index (χ3v) is 4.30. The molecule has 0 radical (unpaired) electrons. The molecule has 1 aromatic rings. The average Bonchev–Trinajstić information content (AvgIpc) is 2.56. The molecular formula is C14H20N2O4S. The molecular weight excluding hydrogens is 292 g/mol. The van der Waals surface area contributed by atoms with E-state index in [0.717, 1.165) is 6.26 Å². The number of anilines is 1. The van der Waals surface area contributed by atoms with Gasteiger partial charge < -0.3 is 10.1 Å². The quantitative estimate of drug-likeness (QED) is 0.908. The van der Waals surface area contributed by atoms with Gasteiger partial charge in [0.2, 0.25) is 10.0 Å². The van der Waals surface area contributed by atoms with E-state index in [0.29, 0.717) is 17.9 Å². The normalized spacial score (nSPS) is 18.7. The summed E-state index contributed by atoms with van der Waals surface area (Å²) in [5.41, 5.74) is 0.472. The van der Waals surface area contributed by atoms with Crippen LogP contribution in [0, 0.1) is 0 Å². The van der Waals surface area contributed by atoms with Crippen molar-refractivity contribution < 1.29 is 17.9 Å². The van der Waals surface area contributed by atoms with Crippen LogP contribution in [0.1, 0.15) is 20.3 Å². The number of hydrogen-bond donors (Lipinski definition) is 1. The Kier molecular flexibility index (Phi) is 4.41. The van der Waals surface area contributed by atoms with Crippen LogP contribution in [0.4, 0.5) is 5.69 Å².